The highest BCUT2D eigenvalue weighted by atomic mass is 35.5. The molecule has 0 aliphatic heterocycles. The summed E-state index contributed by atoms with van der Waals surface area (Å²) in [6.45, 7) is 0.634. The van der Waals surface area contributed by atoms with Crippen LogP contribution in [0.4, 0.5) is 0 Å². The minimum absolute atomic E-state index is 0.0129. The zero-order valence-corrected chi connectivity index (χ0v) is 11.2. The predicted molar refractivity (Wildman–Crippen MR) is 74.6 cm³/mol. The molecule has 0 saturated heterocycles. The number of aromatic carboxylic acids is 1. The fourth-order valence-electron chi connectivity index (χ4n) is 1.67. The molecule has 104 valence electrons. The van der Waals surface area contributed by atoms with E-state index in [1.807, 2.05) is 0 Å². The highest BCUT2D eigenvalue weighted by Gasteiger charge is 2.09. The average molecular weight is 294 g/mol. The van der Waals surface area contributed by atoms with Crippen molar-refractivity contribution in [2.75, 3.05) is 6.61 Å². The van der Waals surface area contributed by atoms with Crippen LogP contribution in [-0.2, 0) is 6.54 Å². The maximum Gasteiger partial charge on any atom is 0.337 e. The van der Waals surface area contributed by atoms with E-state index >= 15 is 0 Å². The first-order valence-electron chi connectivity index (χ1n) is 5.89. The molecule has 2 aromatic rings. The van der Waals surface area contributed by atoms with Crippen LogP contribution in [0.3, 0.4) is 0 Å². The van der Waals surface area contributed by atoms with Gasteiger partial charge in [0.2, 0.25) is 0 Å². The Labute approximate surface area is 120 Å². The van der Waals surface area contributed by atoms with Crippen molar-refractivity contribution in [2.45, 2.75) is 6.54 Å². The van der Waals surface area contributed by atoms with Gasteiger partial charge in [-0.1, -0.05) is 17.7 Å². The molecule has 0 spiro atoms. The van der Waals surface area contributed by atoms with Crippen molar-refractivity contribution >= 4 is 17.6 Å². The average Bonchev–Trinajstić information content (AvgIpc) is 2.42. The number of halogens is 1. The van der Waals surface area contributed by atoms with Crippen LogP contribution in [0, 0.1) is 0 Å². The molecule has 0 aliphatic rings. The minimum Gasteiger partial charge on any atom is -0.492 e. The molecule has 1 heterocycles. The summed E-state index contributed by atoms with van der Waals surface area (Å²) in [5.74, 6) is -0.712. The van der Waals surface area contributed by atoms with Gasteiger partial charge in [0, 0.05) is 12.3 Å². The lowest BCUT2D eigenvalue weighted by Crippen LogP contribution is -2.21. The standard InChI is InChI=1S/C14H12ClNO4/c15-12-5-4-10(9-11(12)14(18)19)20-8-7-16-6-2-1-3-13(16)17/h1-6,9H,7-8H2,(H,18,19). The molecular formula is C14H12ClNO4. The third-order valence-electron chi connectivity index (χ3n) is 2.67. The van der Waals surface area contributed by atoms with Crippen molar-refractivity contribution in [3.8, 4) is 5.75 Å². The lowest BCUT2D eigenvalue weighted by molar-refractivity contribution is 0.0696. The second-order valence-electron chi connectivity index (χ2n) is 4.03. The monoisotopic (exact) mass is 293 g/mol. The molecule has 0 aliphatic carbocycles. The molecule has 2 rings (SSSR count). The van der Waals surface area contributed by atoms with Crippen molar-refractivity contribution in [1.29, 1.82) is 0 Å². The quantitative estimate of drug-likeness (QED) is 0.918. The first-order chi connectivity index (χ1) is 9.58. The molecule has 0 radical (unpaired) electrons. The maximum absolute atomic E-state index is 11.5. The molecule has 1 aromatic carbocycles. The number of carbonyl (C=O) groups is 1. The third kappa shape index (κ3) is 3.39. The Kier molecular flexibility index (Phi) is 4.42. The van der Waals surface area contributed by atoms with Crippen molar-refractivity contribution in [3.63, 3.8) is 0 Å². The summed E-state index contributed by atoms with van der Waals surface area (Å²) in [5.41, 5.74) is -0.125. The molecule has 6 heteroatoms. The first-order valence-corrected chi connectivity index (χ1v) is 6.27. The number of nitrogens with zero attached hydrogens (tertiary/aromatic N) is 1. The molecule has 1 aromatic heterocycles. The van der Waals surface area contributed by atoms with Crippen molar-refractivity contribution in [3.05, 3.63) is 63.5 Å². The number of rotatable bonds is 5. The summed E-state index contributed by atoms with van der Waals surface area (Å²) in [6.07, 6.45) is 1.66. The van der Waals surface area contributed by atoms with Crippen LogP contribution in [0.15, 0.2) is 47.4 Å². The van der Waals surface area contributed by atoms with Crippen LogP contribution in [0.5, 0.6) is 5.75 Å². The second-order valence-corrected chi connectivity index (χ2v) is 4.43. The summed E-state index contributed by atoms with van der Waals surface area (Å²) in [7, 11) is 0. The first kappa shape index (κ1) is 14.1. The predicted octanol–water partition coefficient (Wildman–Crippen LogP) is 2.28. The second kappa shape index (κ2) is 6.25. The Balaban J connectivity index is 2.01. The minimum atomic E-state index is -1.11. The van der Waals surface area contributed by atoms with Gasteiger partial charge in [-0.3, -0.25) is 4.79 Å². The van der Waals surface area contributed by atoms with Crippen LogP contribution in [0.25, 0.3) is 0 Å². The van der Waals surface area contributed by atoms with E-state index in [9.17, 15) is 9.59 Å². The van der Waals surface area contributed by atoms with Gasteiger partial charge >= 0.3 is 5.97 Å². The van der Waals surface area contributed by atoms with Crippen molar-refractivity contribution in [1.82, 2.24) is 4.57 Å². The van der Waals surface area contributed by atoms with Gasteiger partial charge in [-0.05, 0) is 24.3 Å². The summed E-state index contributed by atoms with van der Waals surface area (Å²) in [5, 5.41) is 9.10. The van der Waals surface area contributed by atoms with Crippen molar-refractivity contribution in [2.24, 2.45) is 0 Å². The zero-order valence-electron chi connectivity index (χ0n) is 10.5. The van der Waals surface area contributed by atoms with Gasteiger partial charge in [-0.15, -0.1) is 0 Å². The van der Waals surface area contributed by atoms with Crippen LogP contribution < -0.4 is 10.3 Å². The zero-order chi connectivity index (χ0) is 14.5. The van der Waals surface area contributed by atoms with E-state index in [0.29, 0.717) is 12.3 Å². The molecule has 0 unspecified atom stereocenters. The molecule has 20 heavy (non-hydrogen) atoms. The summed E-state index contributed by atoms with van der Waals surface area (Å²) in [4.78, 5) is 22.4. The van der Waals surface area contributed by atoms with Gasteiger partial charge in [-0.2, -0.15) is 0 Å². The van der Waals surface area contributed by atoms with Gasteiger partial charge < -0.3 is 14.4 Å². The summed E-state index contributed by atoms with van der Waals surface area (Å²) >= 11 is 5.76. The van der Waals surface area contributed by atoms with Crippen LogP contribution in [0.1, 0.15) is 10.4 Å². The Morgan fingerprint density at radius 1 is 1.30 bits per heavy atom. The Hall–Kier alpha value is -2.27. The molecule has 0 fully saturated rings. The molecule has 0 amide bonds. The normalized spacial score (nSPS) is 10.2. The lowest BCUT2D eigenvalue weighted by atomic mass is 10.2. The molecule has 0 bridgehead atoms. The number of carboxylic acids is 1. The van der Waals surface area contributed by atoms with Crippen LogP contribution in [0.2, 0.25) is 5.02 Å². The topological polar surface area (TPSA) is 68.5 Å². The summed E-state index contributed by atoms with van der Waals surface area (Å²) in [6, 6.07) is 9.30. The van der Waals surface area contributed by atoms with Gasteiger partial charge in [-0.25, -0.2) is 4.79 Å². The fourth-order valence-corrected chi connectivity index (χ4v) is 1.86. The molecular weight excluding hydrogens is 282 g/mol. The van der Waals surface area contributed by atoms with E-state index in [1.54, 1.807) is 24.4 Å². The summed E-state index contributed by atoms with van der Waals surface area (Å²) < 4.78 is 6.94. The Morgan fingerprint density at radius 3 is 2.80 bits per heavy atom. The fraction of sp³-hybridized carbons (Fsp3) is 0.143. The van der Waals surface area contributed by atoms with E-state index in [0.717, 1.165) is 0 Å². The number of ether oxygens (including phenoxy) is 1. The van der Waals surface area contributed by atoms with E-state index in [4.69, 9.17) is 21.4 Å². The number of hydrogen-bond donors (Lipinski definition) is 1. The number of hydrogen-bond acceptors (Lipinski definition) is 3. The molecule has 0 saturated carbocycles. The molecule has 1 N–H and O–H groups in total. The number of pyridine rings is 1. The largest absolute Gasteiger partial charge is 0.492 e. The Morgan fingerprint density at radius 2 is 2.10 bits per heavy atom. The van der Waals surface area contributed by atoms with Gasteiger partial charge in [0.05, 0.1) is 17.1 Å². The van der Waals surface area contributed by atoms with E-state index in [2.05, 4.69) is 0 Å². The van der Waals surface area contributed by atoms with E-state index < -0.39 is 5.97 Å². The number of carboxylic acid groups (broad SMARTS) is 1. The highest BCUT2D eigenvalue weighted by molar-refractivity contribution is 6.33. The van der Waals surface area contributed by atoms with E-state index in [1.165, 1.54) is 22.8 Å². The molecule has 5 nitrogen and oxygen atoms in total. The smallest absolute Gasteiger partial charge is 0.337 e. The van der Waals surface area contributed by atoms with Crippen LogP contribution >= 0.6 is 11.6 Å². The van der Waals surface area contributed by atoms with Crippen molar-refractivity contribution < 1.29 is 14.6 Å². The molecule has 0 atom stereocenters. The van der Waals surface area contributed by atoms with Crippen LogP contribution in [-0.4, -0.2) is 22.2 Å². The van der Waals surface area contributed by atoms with Gasteiger partial charge in [0.1, 0.15) is 12.4 Å². The SMILES string of the molecule is O=C(O)c1cc(OCCn2ccccc2=O)ccc1Cl. The van der Waals surface area contributed by atoms with Gasteiger partial charge in [0.25, 0.3) is 5.56 Å². The maximum atomic E-state index is 11.5. The Bertz CT molecular complexity index is 681. The lowest BCUT2D eigenvalue weighted by Gasteiger charge is -2.09. The van der Waals surface area contributed by atoms with Gasteiger partial charge in [0.15, 0.2) is 0 Å². The van der Waals surface area contributed by atoms with E-state index in [-0.39, 0.29) is 22.8 Å². The number of aromatic nitrogens is 1. The third-order valence-corrected chi connectivity index (χ3v) is 3.00. The number of benzene rings is 1. The highest BCUT2D eigenvalue weighted by Crippen LogP contribution is 2.22.